The summed E-state index contributed by atoms with van der Waals surface area (Å²) < 4.78 is 0. The standard InChI is InChI=1S/C34H41N11O5/c35-24(12-19-15-40-25-8-3-1-6-22(19)25)30(46)44-28(13-20-16-41-26-9-4-2-7-23(20)26)32(48)43-27(10-5-11-39-34(36)37)31(47)45-29(33(49)50)14-21-17-38-18-42-21/h1-4,6-9,15-18,24,27-29,40-41H,5,10-14,35H2,(H,38,42)(H,43,48)(H,44,46)(H,45,47)(H,49,50)(H4,36,37,39). The van der Waals surface area contributed by atoms with Gasteiger partial charge in [0.15, 0.2) is 5.96 Å². The number of H-pyrrole nitrogens is 3. The zero-order chi connectivity index (χ0) is 35.6. The van der Waals surface area contributed by atoms with Crippen molar-refractivity contribution in [3.8, 4) is 0 Å². The van der Waals surface area contributed by atoms with E-state index in [0.29, 0.717) is 5.69 Å². The third kappa shape index (κ3) is 9.04. The molecule has 0 spiro atoms. The number of fused-ring (bicyclic) bond motifs is 2. The van der Waals surface area contributed by atoms with E-state index >= 15 is 0 Å². The Morgan fingerprint density at radius 2 is 1.34 bits per heavy atom. The highest BCUT2D eigenvalue weighted by atomic mass is 16.4. The van der Waals surface area contributed by atoms with Gasteiger partial charge in [-0.2, -0.15) is 0 Å². The molecule has 0 radical (unpaired) electrons. The van der Waals surface area contributed by atoms with Crippen molar-refractivity contribution >= 4 is 51.5 Å². The van der Waals surface area contributed by atoms with Gasteiger partial charge in [0, 0.05) is 65.5 Å². The van der Waals surface area contributed by atoms with Crippen LogP contribution in [-0.4, -0.2) is 85.4 Å². The normalized spacial score (nSPS) is 13.6. The van der Waals surface area contributed by atoms with E-state index in [9.17, 15) is 24.3 Å². The van der Waals surface area contributed by atoms with Crippen LogP contribution in [0.2, 0.25) is 0 Å². The molecule has 0 aliphatic heterocycles. The Bertz CT molecular complexity index is 1960. The molecule has 5 rings (SSSR count). The number of aromatic amines is 3. The molecule has 0 aliphatic rings. The van der Waals surface area contributed by atoms with Crippen LogP contribution in [0.3, 0.4) is 0 Å². The van der Waals surface area contributed by atoms with E-state index in [1.54, 1.807) is 12.4 Å². The van der Waals surface area contributed by atoms with Gasteiger partial charge in [-0.25, -0.2) is 9.78 Å². The summed E-state index contributed by atoms with van der Waals surface area (Å²) in [4.78, 5) is 70.2. The van der Waals surface area contributed by atoms with Crippen LogP contribution in [0.5, 0.6) is 0 Å². The van der Waals surface area contributed by atoms with Gasteiger partial charge in [0.25, 0.3) is 0 Å². The number of amides is 3. The number of carboxylic acid groups (broad SMARTS) is 1. The summed E-state index contributed by atoms with van der Waals surface area (Å²) in [7, 11) is 0. The molecular formula is C34H41N11O5. The molecule has 4 atom stereocenters. The fraction of sp³-hybridized carbons (Fsp3) is 0.294. The third-order valence-electron chi connectivity index (χ3n) is 8.36. The molecule has 3 heterocycles. The number of benzene rings is 2. The molecule has 0 saturated carbocycles. The van der Waals surface area contributed by atoms with Crippen molar-refractivity contribution in [2.75, 3.05) is 6.54 Å². The summed E-state index contributed by atoms with van der Waals surface area (Å²) in [5.74, 6) is -3.36. The molecule has 16 heteroatoms. The molecule has 3 aromatic heterocycles. The van der Waals surface area contributed by atoms with Gasteiger partial charge in [-0.05, 0) is 42.5 Å². The molecule has 0 bridgehead atoms. The smallest absolute Gasteiger partial charge is 0.326 e. The van der Waals surface area contributed by atoms with Crippen molar-refractivity contribution in [1.82, 2.24) is 35.9 Å². The number of nitrogens with zero attached hydrogens (tertiary/aromatic N) is 2. The number of para-hydroxylation sites is 2. The van der Waals surface area contributed by atoms with Crippen molar-refractivity contribution in [3.63, 3.8) is 0 Å². The summed E-state index contributed by atoms with van der Waals surface area (Å²) in [6.45, 7) is 0.163. The predicted octanol–water partition coefficient (Wildman–Crippen LogP) is 0.320. The van der Waals surface area contributed by atoms with Crippen molar-refractivity contribution < 1.29 is 24.3 Å². The molecule has 13 N–H and O–H groups in total. The first-order valence-electron chi connectivity index (χ1n) is 16.1. The monoisotopic (exact) mass is 683 g/mol. The van der Waals surface area contributed by atoms with Crippen molar-refractivity contribution in [1.29, 1.82) is 0 Å². The Labute approximate surface area is 286 Å². The van der Waals surface area contributed by atoms with Crippen LogP contribution < -0.4 is 33.2 Å². The van der Waals surface area contributed by atoms with Crippen molar-refractivity contribution in [2.24, 2.45) is 22.2 Å². The van der Waals surface area contributed by atoms with E-state index in [2.05, 4.69) is 40.9 Å². The summed E-state index contributed by atoms with van der Waals surface area (Å²) in [5.41, 5.74) is 21.1. The van der Waals surface area contributed by atoms with E-state index in [0.717, 1.165) is 32.9 Å². The first kappa shape index (κ1) is 35.2. The highest BCUT2D eigenvalue weighted by Crippen LogP contribution is 2.21. The van der Waals surface area contributed by atoms with E-state index < -0.39 is 47.9 Å². The Morgan fingerprint density at radius 1 is 0.760 bits per heavy atom. The van der Waals surface area contributed by atoms with Crippen LogP contribution in [-0.2, 0) is 38.4 Å². The molecule has 262 valence electrons. The lowest BCUT2D eigenvalue weighted by molar-refractivity contribution is -0.142. The Hall–Kier alpha value is -6.16. The molecule has 0 saturated heterocycles. The van der Waals surface area contributed by atoms with E-state index in [-0.39, 0.29) is 44.6 Å². The maximum absolute atomic E-state index is 14.0. The number of rotatable bonds is 17. The second-order valence-corrected chi connectivity index (χ2v) is 12.0. The summed E-state index contributed by atoms with van der Waals surface area (Å²) in [6.07, 6.45) is 6.98. The minimum absolute atomic E-state index is 0.0662. The van der Waals surface area contributed by atoms with Gasteiger partial charge in [-0.3, -0.25) is 19.4 Å². The maximum Gasteiger partial charge on any atom is 0.326 e. The number of imidazole rings is 1. The van der Waals surface area contributed by atoms with Crippen molar-refractivity contribution in [2.45, 2.75) is 56.3 Å². The summed E-state index contributed by atoms with van der Waals surface area (Å²) in [5, 5.41) is 19.7. The number of nitrogens with one attached hydrogen (secondary N) is 6. The topological polar surface area (TPSA) is 275 Å². The molecule has 50 heavy (non-hydrogen) atoms. The zero-order valence-electron chi connectivity index (χ0n) is 27.2. The van der Waals surface area contributed by atoms with Crippen LogP contribution in [0.15, 0.2) is 78.4 Å². The minimum atomic E-state index is -1.32. The average Bonchev–Trinajstić information content (AvgIpc) is 3.86. The molecule has 2 aromatic carbocycles. The highest BCUT2D eigenvalue weighted by Gasteiger charge is 2.31. The molecule has 4 unspecified atom stereocenters. The molecule has 5 aromatic rings. The van der Waals surface area contributed by atoms with Crippen molar-refractivity contribution in [3.05, 3.63) is 90.3 Å². The van der Waals surface area contributed by atoms with Gasteiger partial charge >= 0.3 is 5.97 Å². The number of aliphatic carboxylic acids is 1. The first-order valence-corrected chi connectivity index (χ1v) is 16.1. The third-order valence-corrected chi connectivity index (χ3v) is 8.36. The predicted molar refractivity (Wildman–Crippen MR) is 188 cm³/mol. The minimum Gasteiger partial charge on any atom is -0.480 e. The van der Waals surface area contributed by atoms with Gasteiger partial charge in [0.1, 0.15) is 18.1 Å². The lowest BCUT2D eigenvalue weighted by Crippen LogP contribution is -2.58. The quantitative estimate of drug-likeness (QED) is 0.0367. The van der Waals surface area contributed by atoms with E-state index in [4.69, 9.17) is 17.2 Å². The van der Waals surface area contributed by atoms with Crippen LogP contribution in [0, 0.1) is 0 Å². The summed E-state index contributed by atoms with van der Waals surface area (Å²) in [6, 6.07) is 10.5. The van der Waals surface area contributed by atoms with E-state index in [1.807, 2.05) is 48.5 Å². The number of hydrogen-bond donors (Lipinski definition) is 10. The van der Waals surface area contributed by atoms with Crippen LogP contribution >= 0.6 is 0 Å². The summed E-state index contributed by atoms with van der Waals surface area (Å²) >= 11 is 0. The number of carbonyl (C=O) groups is 4. The number of carboxylic acids is 1. The second kappa shape index (κ2) is 16.3. The number of nitrogens with two attached hydrogens (primary N) is 3. The molecule has 0 aliphatic carbocycles. The van der Waals surface area contributed by atoms with Crippen LogP contribution in [0.1, 0.15) is 29.7 Å². The molecule has 0 fully saturated rings. The lowest BCUT2D eigenvalue weighted by Gasteiger charge is -2.25. The van der Waals surface area contributed by atoms with Crippen LogP contribution in [0.4, 0.5) is 0 Å². The molecule has 3 amide bonds. The molecular weight excluding hydrogens is 642 g/mol. The van der Waals surface area contributed by atoms with Gasteiger partial charge in [-0.15, -0.1) is 0 Å². The fourth-order valence-corrected chi connectivity index (χ4v) is 5.77. The number of hydrogen-bond acceptors (Lipinski definition) is 7. The average molecular weight is 684 g/mol. The number of aliphatic imine (C=N–C) groups is 1. The fourth-order valence-electron chi connectivity index (χ4n) is 5.77. The molecule has 16 nitrogen and oxygen atoms in total. The number of carbonyl (C=O) groups excluding carboxylic acids is 3. The van der Waals surface area contributed by atoms with Gasteiger partial charge in [0.2, 0.25) is 17.7 Å². The number of guanidine groups is 1. The Morgan fingerprint density at radius 3 is 1.94 bits per heavy atom. The SMILES string of the molecule is NC(N)=NCCCC(NC(=O)C(Cc1c[nH]c2ccccc12)NC(=O)C(N)Cc1c[nH]c2ccccc12)C(=O)NC(Cc1cnc[nH]1)C(=O)O. The van der Waals surface area contributed by atoms with Gasteiger partial charge in [-0.1, -0.05) is 36.4 Å². The number of aromatic nitrogens is 4. The Balaban J connectivity index is 1.36. The van der Waals surface area contributed by atoms with Gasteiger partial charge in [0.05, 0.1) is 12.4 Å². The zero-order valence-corrected chi connectivity index (χ0v) is 27.2. The largest absolute Gasteiger partial charge is 0.480 e. The lowest BCUT2D eigenvalue weighted by atomic mass is 10.0. The highest BCUT2D eigenvalue weighted by molar-refractivity contribution is 5.95. The van der Waals surface area contributed by atoms with Crippen LogP contribution in [0.25, 0.3) is 21.8 Å². The Kier molecular flexibility index (Phi) is 11.5. The maximum atomic E-state index is 14.0. The first-order chi connectivity index (χ1) is 24.1. The van der Waals surface area contributed by atoms with E-state index in [1.165, 1.54) is 12.5 Å². The van der Waals surface area contributed by atoms with Gasteiger partial charge < -0.3 is 53.2 Å². The second-order valence-electron chi connectivity index (χ2n) is 12.0.